The highest BCUT2D eigenvalue weighted by molar-refractivity contribution is 6.23. The van der Waals surface area contributed by atoms with E-state index >= 15 is 0 Å². The molecule has 0 aromatic heterocycles. The van der Waals surface area contributed by atoms with Crippen LogP contribution in [0.15, 0.2) is 11.9 Å². The van der Waals surface area contributed by atoms with Gasteiger partial charge in [-0.1, -0.05) is 0 Å². The molecule has 17 heavy (non-hydrogen) atoms. The van der Waals surface area contributed by atoms with Crippen LogP contribution in [0.3, 0.4) is 0 Å². The van der Waals surface area contributed by atoms with E-state index in [1.807, 2.05) is 0 Å². The van der Waals surface area contributed by atoms with E-state index in [-0.39, 0.29) is 6.08 Å². The van der Waals surface area contributed by atoms with E-state index in [0.717, 1.165) is 0 Å². The Morgan fingerprint density at radius 2 is 1.18 bits per heavy atom. The second-order valence-electron chi connectivity index (χ2n) is 3.19. The number of rotatable bonds is 0. The zero-order valence-corrected chi connectivity index (χ0v) is 7.78. The quantitative estimate of drug-likeness (QED) is 0.401. The third kappa shape index (κ3) is 1.38. The van der Waals surface area contributed by atoms with Gasteiger partial charge in [-0.05, 0) is 0 Å². The first-order valence-electron chi connectivity index (χ1n) is 4.18. The number of ketones is 2. The number of carbonyl (C=O) groups excluding carboxylic acids is 2. The molecule has 0 amide bonds. The van der Waals surface area contributed by atoms with Gasteiger partial charge in [0.1, 0.15) is 0 Å². The zero-order chi connectivity index (χ0) is 12.9. The fourth-order valence-corrected chi connectivity index (χ4v) is 1.45. The lowest BCUT2D eigenvalue weighted by atomic mass is 9.92. The molecule has 0 saturated heterocycles. The molecule has 0 N–H and O–H groups in total. The van der Waals surface area contributed by atoms with Gasteiger partial charge in [-0.2, -0.15) is 0 Å². The van der Waals surface area contributed by atoms with Crippen molar-refractivity contribution in [2.75, 3.05) is 0 Å². The highest BCUT2D eigenvalue weighted by Gasteiger charge is 2.36. The summed E-state index contributed by atoms with van der Waals surface area (Å²) >= 11 is 0. The van der Waals surface area contributed by atoms with Gasteiger partial charge >= 0.3 is 0 Å². The van der Waals surface area contributed by atoms with E-state index in [4.69, 9.17) is 0 Å². The van der Waals surface area contributed by atoms with Gasteiger partial charge in [0.25, 0.3) is 0 Å². The summed E-state index contributed by atoms with van der Waals surface area (Å²) < 4.78 is 64.8. The lowest BCUT2D eigenvalue weighted by molar-refractivity contribution is 0.0953. The molecule has 0 saturated carbocycles. The molecule has 1 aromatic carbocycles. The summed E-state index contributed by atoms with van der Waals surface area (Å²) in [4.78, 5) is 22.2. The van der Waals surface area contributed by atoms with Gasteiger partial charge in [0.05, 0.1) is 11.1 Å². The largest absolute Gasteiger partial charge is 0.289 e. The highest BCUT2D eigenvalue weighted by atomic mass is 19.2. The fourth-order valence-electron chi connectivity index (χ4n) is 1.45. The number of fused-ring (bicyclic) bond motifs is 1. The summed E-state index contributed by atoms with van der Waals surface area (Å²) in [5.41, 5.74) is -2.72. The Morgan fingerprint density at radius 3 is 1.71 bits per heavy atom. The number of hydrogen-bond acceptors (Lipinski definition) is 2. The first-order valence-corrected chi connectivity index (χ1v) is 4.18. The summed E-state index contributed by atoms with van der Waals surface area (Å²) in [6, 6.07) is 0. The topological polar surface area (TPSA) is 34.1 Å². The monoisotopic (exact) mass is 248 g/mol. The van der Waals surface area contributed by atoms with Crippen LogP contribution >= 0.6 is 0 Å². The van der Waals surface area contributed by atoms with Crippen LogP contribution in [0.4, 0.5) is 22.0 Å². The summed E-state index contributed by atoms with van der Waals surface area (Å²) in [6.45, 7) is 0. The van der Waals surface area contributed by atoms with E-state index < -0.39 is 51.8 Å². The fraction of sp³-hybridized carbons (Fsp3) is 0. The summed E-state index contributed by atoms with van der Waals surface area (Å²) in [5.74, 6) is -13.4. The third-order valence-electron chi connectivity index (χ3n) is 2.22. The number of hydrogen-bond donors (Lipinski definition) is 0. The Bertz CT molecular complexity index is 603. The van der Waals surface area contributed by atoms with Crippen LogP contribution in [0.25, 0.3) is 0 Å². The minimum absolute atomic E-state index is 0.0878. The second kappa shape index (κ2) is 3.47. The molecule has 1 aromatic rings. The van der Waals surface area contributed by atoms with Gasteiger partial charge in [0.2, 0.25) is 5.78 Å². The molecule has 1 aliphatic carbocycles. The summed E-state index contributed by atoms with van der Waals surface area (Å²) in [5, 5.41) is 0. The minimum atomic E-state index is -2.27. The minimum Gasteiger partial charge on any atom is -0.289 e. The van der Waals surface area contributed by atoms with Gasteiger partial charge in [-0.15, -0.1) is 0 Å². The van der Waals surface area contributed by atoms with E-state index in [0.29, 0.717) is 0 Å². The van der Waals surface area contributed by atoms with Gasteiger partial charge in [-0.3, -0.25) is 9.59 Å². The zero-order valence-electron chi connectivity index (χ0n) is 7.78. The van der Waals surface area contributed by atoms with E-state index in [2.05, 4.69) is 0 Å². The van der Waals surface area contributed by atoms with Crippen LogP contribution in [0.1, 0.15) is 20.7 Å². The van der Waals surface area contributed by atoms with E-state index in [1.165, 1.54) is 0 Å². The summed E-state index contributed by atoms with van der Waals surface area (Å²) in [6.07, 6.45) is 0.0878. The Kier molecular flexibility index (Phi) is 2.34. The maximum atomic E-state index is 13.2. The number of carbonyl (C=O) groups is 2. The predicted octanol–water partition coefficient (Wildman–Crippen LogP) is 2.48. The Labute approximate surface area is 90.3 Å². The maximum Gasteiger partial charge on any atom is 0.225 e. The van der Waals surface area contributed by atoms with Crippen LogP contribution < -0.4 is 0 Å². The molecule has 0 radical (unpaired) electrons. The molecule has 2 rings (SSSR count). The van der Waals surface area contributed by atoms with Crippen molar-refractivity contribution in [3.05, 3.63) is 46.3 Å². The predicted molar refractivity (Wildman–Crippen MR) is 44.1 cm³/mol. The van der Waals surface area contributed by atoms with Gasteiger partial charge in [-0.25, -0.2) is 22.0 Å². The van der Waals surface area contributed by atoms with E-state index in [9.17, 15) is 31.5 Å². The molecule has 7 heteroatoms. The highest BCUT2D eigenvalue weighted by Crippen LogP contribution is 2.30. The Morgan fingerprint density at radius 1 is 0.706 bits per heavy atom. The lowest BCUT2D eigenvalue weighted by Gasteiger charge is -2.13. The van der Waals surface area contributed by atoms with Crippen LogP contribution in [-0.4, -0.2) is 11.6 Å². The van der Waals surface area contributed by atoms with Crippen molar-refractivity contribution in [2.24, 2.45) is 0 Å². The van der Waals surface area contributed by atoms with Crippen LogP contribution in [0.5, 0.6) is 0 Å². The first-order chi connectivity index (χ1) is 7.86. The number of benzene rings is 1. The Hall–Kier alpha value is -2.05. The van der Waals surface area contributed by atoms with Gasteiger partial charge < -0.3 is 0 Å². The van der Waals surface area contributed by atoms with Crippen molar-refractivity contribution in [2.45, 2.75) is 0 Å². The molecule has 0 heterocycles. The SMILES string of the molecule is O=C1C=C(F)C(=O)c2c(F)c(F)c(F)c(F)c21. The normalized spacial score (nSPS) is 14.8. The van der Waals surface area contributed by atoms with Crippen LogP contribution in [0.2, 0.25) is 0 Å². The first kappa shape index (κ1) is 11.4. The van der Waals surface area contributed by atoms with Crippen LogP contribution in [0, 0.1) is 23.3 Å². The standard InChI is InChI=1S/C10HF5O2/c11-2-1-3(16)4-5(10(2)17)7(13)9(15)8(14)6(4)12/h1H. The van der Waals surface area contributed by atoms with Crippen molar-refractivity contribution in [3.8, 4) is 0 Å². The molecule has 0 spiro atoms. The molecule has 0 unspecified atom stereocenters. The summed E-state index contributed by atoms with van der Waals surface area (Å²) in [7, 11) is 0. The molecule has 2 nitrogen and oxygen atoms in total. The third-order valence-corrected chi connectivity index (χ3v) is 2.22. The number of allylic oxidation sites excluding steroid dienone is 2. The second-order valence-corrected chi connectivity index (χ2v) is 3.19. The maximum absolute atomic E-state index is 13.2. The molecular formula is C10HF5O2. The Balaban J connectivity index is 2.93. The molecule has 0 atom stereocenters. The van der Waals surface area contributed by atoms with Crippen molar-refractivity contribution in [1.29, 1.82) is 0 Å². The number of Topliss-reactive ketones (excluding diaryl/α,β-unsaturated/α-hetero) is 1. The van der Waals surface area contributed by atoms with Crippen molar-refractivity contribution < 1.29 is 31.5 Å². The van der Waals surface area contributed by atoms with Gasteiger partial charge in [0.15, 0.2) is 34.9 Å². The molecule has 88 valence electrons. The van der Waals surface area contributed by atoms with Gasteiger partial charge in [0, 0.05) is 6.08 Å². The van der Waals surface area contributed by atoms with Crippen molar-refractivity contribution in [1.82, 2.24) is 0 Å². The lowest BCUT2D eigenvalue weighted by Crippen LogP contribution is -2.21. The average molecular weight is 248 g/mol. The molecular weight excluding hydrogens is 247 g/mol. The van der Waals surface area contributed by atoms with E-state index in [1.54, 1.807) is 0 Å². The van der Waals surface area contributed by atoms with Crippen molar-refractivity contribution >= 4 is 11.6 Å². The smallest absolute Gasteiger partial charge is 0.225 e. The molecule has 1 aliphatic rings. The average Bonchev–Trinajstić information content (AvgIpc) is 2.28. The molecule has 0 bridgehead atoms. The van der Waals surface area contributed by atoms with Crippen molar-refractivity contribution in [3.63, 3.8) is 0 Å². The number of halogens is 5. The molecule has 0 aliphatic heterocycles. The molecule has 0 fully saturated rings. The van der Waals surface area contributed by atoms with Crippen LogP contribution in [-0.2, 0) is 0 Å².